The number of aromatic nitrogens is 2. The van der Waals surface area contributed by atoms with Crippen molar-refractivity contribution < 1.29 is 19.0 Å². The number of carbonyl (C=O) groups is 1. The van der Waals surface area contributed by atoms with Gasteiger partial charge in [0.15, 0.2) is 0 Å². The minimum Gasteiger partial charge on any atom is -0.497 e. The molecular formula is C27H30FN3O3S. The van der Waals surface area contributed by atoms with Gasteiger partial charge in [-0.3, -0.25) is 19.7 Å². The molecule has 1 N–H and O–H groups in total. The summed E-state index contributed by atoms with van der Waals surface area (Å²) in [5, 5.41) is 10.0. The molecule has 0 saturated carbocycles. The summed E-state index contributed by atoms with van der Waals surface area (Å²) in [5.74, 6) is 6.75. The van der Waals surface area contributed by atoms with Crippen molar-refractivity contribution in [2.45, 2.75) is 38.3 Å². The van der Waals surface area contributed by atoms with Gasteiger partial charge in [0, 0.05) is 24.5 Å². The SMILES string of the molecule is COc1ccc2nccc([C@H](F)CC[C@@H]3CCN(CC#Cc4cncs4)C[C@H]3CCC(=O)O)c2c1. The number of piperidine rings is 1. The Hall–Kier alpha value is -3.02. The number of carboxylic acid groups (broad SMARTS) is 1. The van der Waals surface area contributed by atoms with Crippen LogP contribution in [-0.2, 0) is 4.79 Å². The lowest BCUT2D eigenvalue weighted by Crippen LogP contribution is -2.41. The maximum absolute atomic E-state index is 15.5. The van der Waals surface area contributed by atoms with Crippen LogP contribution in [0.5, 0.6) is 5.75 Å². The standard InChI is InChI=1S/C27H30FN3O3S/c1-34-21-6-8-26-24(15-21)23(10-12-30-26)25(28)7-4-19-11-14-31(17-20(19)5-9-27(32)33)13-2-3-22-16-29-18-35-22/h6,8,10,12,15-16,18-20,25H,4-5,7,9,11,13-14,17H2,1H3,(H,32,33)/t19-,20-,25-/m1/s1. The van der Waals surface area contributed by atoms with E-state index in [9.17, 15) is 9.90 Å². The van der Waals surface area contributed by atoms with Crippen molar-refractivity contribution in [1.82, 2.24) is 14.9 Å². The number of likely N-dealkylation sites (tertiary alicyclic amines) is 1. The third-order valence-electron chi connectivity index (χ3n) is 6.76. The number of carboxylic acids is 1. The average Bonchev–Trinajstić information content (AvgIpc) is 3.39. The molecule has 3 aromatic rings. The molecule has 6 nitrogen and oxygen atoms in total. The van der Waals surface area contributed by atoms with E-state index in [0.717, 1.165) is 41.7 Å². The number of fused-ring (bicyclic) bond motifs is 1. The van der Waals surface area contributed by atoms with Crippen LogP contribution >= 0.6 is 11.3 Å². The Morgan fingerprint density at radius 1 is 1.34 bits per heavy atom. The highest BCUT2D eigenvalue weighted by Crippen LogP contribution is 2.36. The fourth-order valence-electron chi connectivity index (χ4n) is 4.89. The first-order valence-corrected chi connectivity index (χ1v) is 12.8. The quantitative estimate of drug-likeness (QED) is 0.404. The monoisotopic (exact) mass is 495 g/mol. The Kier molecular flexibility index (Phi) is 8.67. The lowest BCUT2D eigenvalue weighted by atomic mass is 9.79. The molecule has 0 amide bonds. The zero-order valence-electron chi connectivity index (χ0n) is 19.8. The fourth-order valence-corrected chi connectivity index (χ4v) is 5.38. The molecule has 35 heavy (non-hydrogen) atoms. The van der Waals surface area contributed by atoms with Crippen molar-refractivity contribution >= 4 is 28.2 Å². The number of hydrogen-bond acceptors (Lipinski definition) is 6. The molecule has 3 heterocycles. The van der Waals surface area contributed by atoms with Crippen molar-refractivity contribution in [2.75, 3.05) is 26.7 Å². The maximum Gasteiger partial charge on any atom is 0.303 e. The number of thiazole rings is 1. The van der Waals surface area contributed by atoms with Gasteiger partial charge in [-0.25, -0.2) is 4.39 Å². The highest BCUT2D eigenvalue weighted by atomic mass is 32.1. The van der Waals surface area contributed by atoms with E-state index in [4.69, 9.17) is 4.74 Å². The van der Waals surface area contributed by atoms with Gasteiger partial charge in [0.25, 0.3) is 0 Å². The van der Waals surface area contributed by atoms with Gasteiger partial charge < -0.3 is 9.84 Å². The number of methoxy groups -OCH3 is 1. The predicted octanol–water partition coefficient (Wildman–Crippen LogP) is 5.35. The van der Waals surface area contributed by atoms with Gasteiger partial charge in [0.1, 0.15) is 11.9 Å². The number of benzene rings is 1. The highest BCUT2D eigenvalue weighted by molar-refractivity contribution is 7.10. The molecule has 2 aromatic heterocycles. The van der Waals surface area contributed by atoms with Crippen LogP contribution in [0.25, 0.3) is 10.9 Å². The van der Waals surface area contributed by atoms with Gasteiger partial charge in [-0.2, -0.15) is 0 Å². The number of alkyl halides is 1. The Morgan fingerprint density at radius 3 is 3.00 bits per heavy atom. The van der Waals surface area contributed by atoms with E-state index < -0.39 is 12.1 Å². The Balaban J connectivity index is 1.39. The second-order valence-corrected chi connectivity index (χ2v) is 9.86. The Labute approximate surface area is 209 Å². The maximum atomic E-state index is 15.5. The van der Waals surface area contributed by atoms with Crippen LogP contribution < -0.4 is 4.74 Å². The predicted molar refractivity (Wildman–Crippen MR) is 135 cm³/mol. The van der Waals surface area contributed by atoms with Crippen molar-refractivity contribution in [1.29, 1.82) is 0 Å². The van der Waals surface area contributed by atoms with E-state index in [-0.39, 0.29) is 12.3 Å². The molecule has 184 valence electrons. The first-order valence-electron chi connectivity index (χ1n) is 11.9. The first kappa shape index (κ1) is 25.1. The van der Waals surface area contributed by atoms with E-state index >= 15 is 4.39 Å². The van der Waals surface area contributed by atoms with Crippen molar-refractivity contribution in [3.05, 3.63) is 52.6 Å². The normalized spacial score (nSPS) is 19.1. The fraction of sp³-hybridized carbons (Fsp3) is 0.444. The summed E-state index contributed by atoms with van der Waals surface area (Å²) in [6.07, 6.45) is 5.07. The van der Waals surface area contributed by atoms with Crippen molar-refractivity contribution in [2.24, 2.45) is 11.8 Å². The molecule has 8 heteroatoms. The number of ether oxygens (including phenoxy) is 1. The molecule has 0 radical (unpaired) electrons. The average molecular weight is 496 g/mol. The highest BCUT2D eigenvalue weighted by Gasteiger charge is 2.30. The summed E-state index contributed by atoms with van der Waals surface area (Å²) in [7, 11) is 1.60. The van der Waals surface area contributed by atoms with Gasteiger partial charge >= 0.3 is 5.97 Å². The smallest absolute Gasteiger partial charge is 0.303 e. The van der Waals surface area contributed by atoms with Crippen LogP contribution in [0.4, 0.5) is 4.39 Å². The van der Waals surface area contributed by atoms with E-state index in [1.54, 1.807) is 31.1 Å². The van der Waals surface area contributed by atoms with Crippen LogP contribution in [0.1, 0.15) is 48.7 Å². The molecule has 1 fully saturated rings. The van der Waals surface area contributed by atoms with E-state index in [1.165, 1.54) is 11.3 Å². The van der Waals surface area contributed by atoms with Crippen molar-refractivity contribution in [3.63, 3.8) is 0 Å². The van der Waals surface area contributed by atoms with Gasteiger partial charge in [-0.1, -0.05) is 11.8 Å². The summed E-state index contributed by atoms with van der Waals surface area (Å²) >= 11 is 1.52. The Bertz CT molecular complexity index is 1190. The summed E-state index contributed by atoms with van der Waals surface area (Å²) in [6.45, 7) is 2.32. The zero-order chi connectivity index (χ0) is 24.6. The molecule has 0 unspecified atom stereocenters. The van der Waals surface area contributed by atoms with Crippen molar-refractivity contribution in [3.8, 4) is 17.6 Å². The molecule has 0 bridgehead atoms. The molecular weight excluding hydrogens is 465 g/mol. The summed E-state index contributed by atoms with van der Waals surface area (Å²) in [6, 6.07) is 7.26. The van der Waals surface area contributed by atoms with E-state index in [2.05, 4.69) is 26.7 Å². The lowest BCUT2D eigenvalue weighted by Gasteiger charge is -2.38. The zero-order valence-corrected chi connectivity index (χ0v) is 20.6. The molecule has 1 aromatic carbocycles. The van der Waals surface area contributed by atoms with Gasteiger partial charge in [-0.05, 0) is 73.9 Å². The summed E-state index contributed by atoms with van der Waals surface area (Å²) in [5.41, 5.74) is 3.14. The molecule has 1 aliphatic heterocycles. The second-order valence-electron chi connectivity index (χ2n) is 8.97. The topological polar surface area (TPSA) is 75.5 Å². The summed E-state index contributed by atoms with van der Waals surface area (Å²) < 4.78 is 20.8. The minimum atomic E-state index is -1.11. The number of rotatable bonds is 9. The van der Waals surface area contributed by atoms with Gasteiger partial charge in [-0.15, -0.1) is 11.3 Å². The number of halogens is 1. The second kappa shape index (κ2) is 12.1. The van der Waals surface area contributed by atoms with Gasteiger partial charge in [0.2, 0.25) is 0 Å². The molecule has 3 atom stereocenters. The van der Waals surface area contributed by atoms with Crippen LogP contribution in [0, 0.1) is 23.7 Å². The van der Waals surface area contributed by atoms with Crippen LogP contribution in [0.2, 0.25) is 0 Å². The van der Waals surface area contributed by atoms with E-state index in [0.29, 0.717) is 36.6 Å². The molecule has 0 aliphatic carbocycles. The largest absolute Gasteiger partial charge is 0.497 e. The molecule has 1 aliphatic rings. The van der Waals surface area contributed by atoms with Crippen LogP contribution in [-0.4, -0.2) is 52.7 Å². The number of nitrogens with zero attached hydrogens (tertiary/aromatic N) is 3. The molecule has 1 saturated heterocycles. The summed E-state index contributed by atoms with van der Waals surface area (Å²) in [4.78, 5) is 22.9. The Morgan fingerprint density at radius 2 is 2.23 bits per heavy atom. The minimum absolute atomic E-state index is 0.134. The van der Waals surface area contributed by atoms with E-state index in [1.807, 2.05) is 18.2 Å². The number of pyridine rings is 1. The lowest BCUT2D eigenvalue weighted by molar-refractivity contribution is -0.137. The van der Waals surface area contributed by atoms with Crippen LogP contribution in [0.15, 0.2) is 42.2 Å². The number of aliphatic carboxylic acids is 1. The third kappa shape index (κ3) is 6.77. The molecule has 4 rings (SSSR count). The van der Waals surface area contributed by atoms with Crippen LogP contribution in [0.3, 0.4) is 0 Å². The first-order chi connectivity index (χ1) is 17.0. The molecule has 0 spiro atoms. The number of hydrogen-bond donors (Lipinski definition) is 1. The third-order valence-corrected chi connectivity index (χ3v) is 7.45. The van der Waals surface area contributed by atoms with Gasteiger partial charge in [0.05, 0.1) is 35.8 Å².